The first-order valence-corrected chi connectivity index (χ1v) is 12.6. The first-order chi connectivity index (χ1) is 12.0. The summed E-state index contributed by atoms with van der Waals surface area (Å²) in [5, 5.41) is 0. The first kappa shape index (κ1) is 21.4. The number of rotatable bonds is 16. The topological polar surface area (TPSA) is 112 Å². The maximum absolute atomic E-state index is 10.6. The molecule has 4 unspecified atom stereocenters. The number of hydrogen-bond donors (Lipinski definition) is 2. The third kappa shape index (κ3) is 9.01. The highest BCUT2D eigenvalue weighted by Gasteiger charge is 2.48. The molecule has 2 heterocycles. The Kier molecular flexibility index (Phi) is 8.91. The molecule has 0 amide bonds. The summed E-state index contributed by atoms with van der Waals surface area (Å²) < 4.78 is 36.9. The summed E-state index contributed by atoms with van der Waals surface area (Å²) in [6, 6.07) is 0.590. The normalized spacial score (nSPS) is 26.9. The van der Waals surface area contributed by atoms with Crippen LogP contribution in [0.4, 0.5) is 0 Å². The van der Waals surface area contributed by atoms with Gasteiger partial charge in [0, 0.05) is 39.5 Å². The van der Waals surface area contributed by atoms with Gasteiger partial charge in [0.05, 0.1) is 26.4 Å². The molecular weight excluding hydrogens is 368 g/mol. The third-order valence-electron chi connectivity index (χ3n) is 3.93. The van der Waals surface area contributed by atoms with Crippen LogP contribution in [0, 0.1) is 0 Å². The molecule has 2 aliphatic rings. The molecule has 9 nitrogen and oxygen atoms in total. The molecule has 0 aromatic carbocycles. The Hall–Kier alpha value is 0.0738. The van der Waals surface area contributed by atoms with Crippen LogP contribution in [0.1, 0.15) is 12.8 Å². The van der Waals surface area contributed by atoms with Crippen LogP contribution in [0.25, 0.3) is 0 Å². The van der Waals surface area contributed by atoms with Crippen LogP contribution in [0.2, 0.25) is 12.1 Å². The van der Waals surface area contributed by atoms with Crippen molar-refractivity contribution in [2.45, 2.75) is 37.1 Å². The van der Waals surface area contributed by atoms with E-state index in [1.165, 1.54) is 14.2 Å². The summed E-state index contributed by atoms with van der Waals surface area (Å²) in [6.07, 6.45) is 1.58. The van der Waals surface area contributed by atoms with Crippen LogP contribution < -0.4 is 0 Å². The van der Waals surface area contributed by atoms with Crippen molar-refractivity contribution >= 4 is 17.6 Å². The Morgan fingerprint density at radius 1 is 0.840 bits per heavy atom. The molecule has 2 saturated heterocycles. The van der Waals surface area contributed by atoms with Gasteiger partial charge in [-0.1, -0.05) is 0 Å². The minimum absolute atomic E-state index is 0.217. The smallest absolute Gasteiger partial charge is 0.390 e. The molecule has 0 saturated carbocycles. The number of ether oxygens (including phenoxy) is 4. The maximum Gasteiger partial charge on any atom is 0.490 e. The average molecular weight is 399 g/mol. The van der Waals surface area contributed by atoms with E-state index in [1.54, 1.807) is 0 Å². The molecule has 25 heavy (non-hydrogen) atoms. The minimum Gasteiger partial charge on any atom is -0.390 e. The quantitative estimate of drug-likeness (QED) is 0.207. The van der Waals surface area contributed by atoms with Gasteiger partial charge in [-0.05, 0) is 12.8 Å². The molecule has 0 aromatic rings. The van der Waals surface area contributed by atoms with Crippen LogP contribution in [-0.4, -0.2) is 93.3 Å². The molecule has 2 rings (SSSR count). The summed E-state index contributed by atoms with van der Waals surface area (Å²) in [4.78, 5) is 21.1. The fraction of sp³-hybridized carbons (Fsp3) is 1.00. The van der Waals surface area contributed by atoms with Gasteiger partial charge >= 0.3 is 17.6 Å². The molecule has 0 bridgehead atoms. The van der Waals surface area contributed by atoms with E-state index < -0.39 is 17.6 Å². The molecule has 11 heteroatoms. The highest BCUT2D eigenvalue weighted by Crippen LogP contribution is 2.22. The zero-order valence-corrected chi connectivity index (χ0v) is 17.0. The van der Waals surface area contributed by atoms with Gasteiger partial charge in [-0.25, -0.2) is 0 Å². The van der Waals surface area contributed by atoms with Crippen LogP contribution in [0.3, 0.4) is 0 Å². The van der Waals surface area contributed by atoms with Gasteiger partial charge in [0.25, 0.3) is 0 Å². The van der Waals surface area contributed by atoms with Crippen molar-refractivity contribution < 1.29 is 41.5 Å². The molecule has 148 valence electrons. The van der Waals surface area contributed by atoms with Gasteiger partial charge in [0.1, 0.15) is 12.2 Å². The predicted molar refractivity (Wildman–Crippen MR) is 91.0 cm³/mol. The predicted octanol–water partition coefficient (Wildman–Crippen LogP) is -0.231. The molecule has 0 spiro atoms. The average Bonchev–Trinajstić information content (AvgIpc) is 3.49. The lowest BCUT2D eigenvalue weighted by Crippen LogP contribution is -2.55. The van der Waals surface area contributed by atoms with E-state index in [2.05, 4.69) is 0 Å². The number of epoxide rings is 2. The Balaban J connectivity index is 1.63. The van der Waals surface area contributed by atoms with Crippen molar-refractivity contribution in [3.8, 4) is 0 Å². The molecular formula is C14H30O9Si2. The van der Waals surface area contributed by atoms with Gasteiger partial charge in [-0.15, -0.1) is 0 Å². The molecule has 2 aliphatic heterocycles. The van der Waals surface area contributed by atoms with E-state index in [0.717, 1.165) is 13.2 Å². The summed E-state index contributed by atoms with van der Waals surface area (Å²) in [5.41, 5.74) is 0. The summed E-state index contributed by atoms with van der Waals surface area (Å²) in [5.74, 6) is 0. The molecule has 2 fully saturated rings. The second-order valence-electron chi connectivity index (χ2n) is 6.20. The van der Waals surface area contributed by atoms with Gasteiger partial charge in [0.2, 0.25) is 0 Å². The van der Waals surface area contributed by atoms with Crippen molar-refractivity contribution in [2.24, 2.45) is 0 Å². The van der Waals surface area contributed by atoms with E-state index in [0.29, 0.717) is 51.4 Å². The van der Waals surface area contributed by atoms with Crippen LogP contribution in [0.15, 0.2) is 0 Å². The van der Waals surface area contributed by atoms with Crippen LogP contribution in [0.5, 0.6) is 0 Å². The minimum atomic E-state index is -3.50. The lowest BCUT2D eigenvalue weighted by Gasteiger charge is -2.31. The monoisotopic (exact) mass is 398 g/mol. The van der Waals surface area contributed by atoms with Crippen molar-refractivity contribution in [1.29, 1.82) is 0 Å². The van der Waals surface area contributed by atoms with Crippen molar-refractivity contribution in [1.82, 2.24) is 0 Å². The van der Waals surface area contributed by atoms with Crippen LogP contribution in [-0.2, 0) is 31.9 Å². The maximum atomic E-state index is 10.6. The zero-order valence-electron chi connectivity index (χ0n) is 15.0. The lowest BCUT2D eigenvalue weighted by molar-refractivity contribution is 0.0940. The van der Waals surface area contributed by atoms with Crippen molar-refractivity contribution in [2.75, 3.05) is 53.9 Å². The van der Waals surface area contributed by atoms with E-state index in [-0.39, 0.29) is 12.2 Å². The highest BCUT2D eigenvalue weighted by molar-refractivity contribution is 6.73. The highest BCUT2D eigenvalue weighted by atomic mass is 28.5. The second kappa shape index (κ2) is 10.4. The molecule has 4 atom stereocenters. The summed E-state index contributed by atoms with van der Waals surface area (Å²) in [6.45, 7) is 3.60. The van der Waals surface area contributed by atoms with Gasteiger partial charge < -0.3 is 41.5 Å². The zero-order chi connectivity index (χ0) is 18.2. The largest absolute Gasteiger partial charge is 0.490 e. The van der Waals surface area contributed by atoms with E-state index in [9.17, 15) is 9.59 Å². The van der Waals surface area contributed by atoms with Crippen molar-refractivity contribution in [3.05, 3.63) is 0 Å². The lowest BCUT2D eigenvalue weighted by atomic mass is 10.5. The standard InChI is InChI=1S/C14H30O9Si2/c1-17-24(15,7-3-5-19-9-13-11-21-13)23-25(16,18-2)8-4-6-20-10-14-12-22-14/h13-16H,3-12H2,1-2H3. The van der Waals surface area contributed by atoms with Gasteiger partial charge in [-0.2, -0.15) is 0 Å². The Bertz CT molecular complexity index is 349. The fourth-order valence-electron chi connectivity index (χ4n) is 2.19. The Labute approximate surface area is 150 Å². The third-order valence-corrected chi connectivity index (χ3v) is 9.73. The Morgan fingerprint density at radius 3 is 1.56 bits per heavy atom. The second-order valence-corrected chi connectivity index (χ2v) is 11.7. The van der Waals surface area contributed by atoms with Gasteiger partial charge in [0.15, 0.2) is 0 Å². The molecule has 0 radical (unpaired) electrons. The number of hydrogen-bond acceptors (Lipinski definition) is 9. The molecule has 0 aromatic heterocycles. The van der Waals surface area contributed by atoms with E-state index >= 15 is 0 Å². The van der Waals surface area contributed by atoms with Crippen molar-refractivity contribution in [3.63, 3.8) is 0 Å². The van der Waals surface area contributed by atoms with Gasteiger partial charge in [-0.3, -0.25) is 0 Å². The SMILES string of the molecule is CO[Si](O)(CCCOCC1CO1)O[Si](O)(CCCOCC1CO1)OC. The Morgan fingerprint density at radius 2 is 1.24 bits per heavy atom. The molecule has 2 N–H and O–H groups in total. The molecule has 0 aliphatic carbocycles. The van der Waals surface area contributed by atoms with Crippen LogP contribution >= 0.6 is 0 Å². The van der Waals surface area contributed by atoms with E-state index in [1.807, 2.05) is 0 Å². The first-order valence-electron chi connectivity index (χ1n) is 8.62. The van der Waals surface area contributed by atoms with E-state index in [4.69, 9.17) is 31.9 Å². The summed E-state index contributed by atoms with van der Waals surface area (Å²) in [7, 11) is -4.24. The fourth-order valence-corrected chi connectivity index (χ4v) is 7.26. The summed E-state index contributed by atoms with van der Waals surface area (Å²) >= 11 is 0.